The smallest absolute Gasteiger partial charge is 0.309 e. The molecule has 0 aromatic heterocycles. The molecule has 0 bridgehead atoms. The Balaban J connectivity index is 2.11. The van der Waals surface area contributed by atoms with Gasteiger partial charge in [0.1, 0.15) is 0 Å². The molecule has 0 radical (unpaired) electrons. The average Bonchev–Trinajstić information content (AvgIpc) is 2.90. The highest BCUT2D eigenvalue weighted by atomic mass is 16.6. The van der Waals surface area contributed by atoms with E-state index in [1.165, 1.54) is 5.57 Å². The van der Waals surface area contributed by atoms with Gasteiger partial charge >= 0.3 is 5.97 Å². The number of esters is 1. The molecular weight excluding hydrogens is 382 g/mol. The van der Waals surface area contributed by atoms with Crippen molar-refractivity contribution in [2.75, 3.05) is 0 Å². The van der Waals surface area contributed by atoms with E-state index in [2.05, 4.69) is 45.2 Å². The molecule has 2 heterocycles. The molecule has 30 heavy (non-hydrogen) atoms. The van der Waals surface area contributed by atoms with Crippen molar-refractivity contribution in [3.8, 4) is 0 Å². The SMILES string of the molecule is CC1=C[C@@H]2/C=C(/C)CCC[C@@H](O)[C@H](O)CC(=O)O[C@]23C(=O)N[C@@H](CC(C)C)[C@@H]3[C@@H]1C. The fourth-order valence-corrected chi connectivity index (χ4v) is 5.53. The number of nitrogens with one attached hydrogen (secondary N) is 1. The van der Waals surface area contributed by atoms with Gasteiger partial charge in [-0.25, -0.2) is 0 Å². The number of hydrogen-bond donors (Lipinski definition) is 3. The van der Waals surface area contributed by atoms with Gasteiger partial charge < -0.3 is 20.3 Å². The maximum absolute atomic E-state index is 13.5. The van der Waals surface area contributed by atoms with Crippen molar-refractivity contribution in [1.82, 2.24) is 5.32 Å². The van der Waals surface area contributed by atoms with E-state index >= 15 is 0 Å². The summed E-state index contributed by atoms with van der Waals surface area (Å²) in [6.07, 6.45) is 4.35. The number of amides is 1. The van der Waals surface area contributed by atoms with Crippen LogP contribution in [0, 0.1) is 23.7 Å². The van der Waals surface area contributed by atoms with Gasteiger partial charge in [-0.05, 0) is 51.4 Å². The van der Waals surface area contributed by atoms with Crippen LogP contribution in [0.1, 0.15) is 66.7 Å². The molecule has 0 saturated carbocycles. The number of carbonyl (C=O) groups excluding carboxylic acids is 2. The molecule has 1 saturated heterocycles. The second-order valence-electron chi connectivity index (χ2n) is 9.97. The minimum absolute atomic E-state index is 0.0777. The fraction of sp³-hybridized carbons (Fsp3) is 0.750. The molecule has 6 heteroatoms. The summed E-state index contributed by atoms with van der Waals surface area (Å²) in [4.78, 5) is 26.3. The van der Waals surface area contributed by atoms with Crippen molar-refractivity contribution >= 4 is 11.9 Å². The summed E-state index contributed by atoms with van der Waals surface area (Å²) in [6.45, 7) is 10.4. The van der Waals surface area contributed by atoms with E-state index in [9.17, 15) is 19.8 Å². The molecule has 3 aliphatic rings. The van der Waals surface area contributed by atoms with Crippen molar-refractivity contribution in [2.45, 2.75) is 90.6 Å². The minimum Gasteiger partial charge on any atom is -0.447 e. The number of hydrogen-bond acceptors (Lipinski definition) is 5. The predicted octanol–water partition coefficient (Wildman–Crippen LogP) is 2.88. The van der Waals surface area contributed by atoms with Crippen molar-refractivity contribution in [3.63, 3.8) is 0 Å². The van der Waals surface area contributed by atoms with E-state index in [-0.39, 0.29) is 36.1 Å². The Morgan fingerprint density at radius 2 is 1.90 bits per heavy atom. The van der Waals surface area contributed by atoms with Gasteiger partial charge in [0.05, 0.1) is 18.6 Å². The normalized spacial score (nSPS) is 42.0. The number of carbonyl (C=O) groups is 2. The summed E-state index contributed by atoms with van der Waals surface area (Å²) in [7, 11) is 0. The Morgan fingerprint density at radius 1 is 1.20 bits per heavy atom. The molecule has 1 fully saturated rings. The fourth-order valence-electron chi connectivity index (χ4n) is 5.53. The zero-order valence-electron chi connectivity index (χ0n) is 18.9. The van der Waals surface area contributed by atoms with E-state index in [0.29, 0.717) is 18.8 Å². The Labute approximate surface area is 179 Å². The molecule has 2 aliphatic heterocycles. The molecule has 1 spiro atoms. The van der Waals surface area contributed by atoms with Crippen molar-refractivity contribution in [1.29, 1.82) is 0 Å². The molecule has 0 unspecified atom stereocenters. The van der Waals surface area contributed by atoms with Crippen LogP contribution in [-0.2, 0) is 14.3 Å². The van der Waals surface area contributed by atoms with Gasteiger partial charge in [0.15, 0.2) is 0 Å². The second-order valence-corrected chi connectivity index (χ2v) is 9.97. The largest absolute Gasteiger partial charge is 0.447 e. The molecule has 0 aromatic rings. The van der Waals surface area contributed by atoms with Crippen LogP contribution in [0.25, 0.3) is 0 Å². The first-order valence-electron chi connectivity index (χ1n) is 11.3. The Hall–Kier alpha value is -1.66. The first-order valence-corrected chi connectivity index (χ1v) is 11.3. The van der Waals surface area contributed by atoms with Crippen LogP contribution in [0.3, 0.4) is 0 Å². The molecule has 3 N–H and O–H groups in total. The summed E-state index contributed by atoms with van der Waals surface area (Å²) >= 11 is 0. The summed E-state index contributed by atoms with van der Waals surface area (Å²) in [5.41, 5.74) is 0.976. The van der Waals surface area contributed by atoms with Crippen LogP contribution in [0.2, 0.25) is 0 Å². The Bertz CT molecular complexity index is 742. The van der Waals surface area contributed by atoms with Gasteiger partial charge in [0, 0.05) is 17.9 Å². The Morgan fingerprint density at radius 3 is 2.57 bits per heavy atom. The van der Waals surface area contributed by atoms with Crippen LogP contribution in [0.4, 0.5) is 0 Å². The van der Waals surface area contributed by atoms with Gasteiger partial charge in [0.25, 0.3) is 5.91 Å². The maximum atomic E-state index is 13.5. The summed E-state index contributed by atoms with van der Waals surface area (Å²) < 4.78 is 6.04. The van der Waals surface area contributed by atoms with E-state index in [4.69, 9.17) is 4.74 Å². The van der Waals surface area contributed by atoms with Gasteiger partial charge in [-0.2, -0.15) is 0 Å². The highest BCUT2D eigenvalue weighted by Crippen LogP contribution is 2.51. The highest BCUT2D eigenvalue weighted by Gasteiger charge is 2.64. The number of aliphatic hydroxyl groups excluding tert-OH is 2. The van der Waals surface area contributed by atoms with Gasteiger partial charge in [0.2, 0.25) is 5.60 Å². The predicted molar refractivity (Wildman–Crippen MR) is 114 cm³/mol. The first-order chi connectivity index (χ1) is 14.1. The molecule has 7 atom stereocenters. The third-order valence-corrected chi connectivity index (χ3v) is 7.16. The zero-order valence-corrected chi connectivity index (χ0v) is 18.9. The lowest BCUT2D eigenvalue weighted by Crippen LogP contribution is -2.56. The highest BCUT2D eigenvalue weighted by molar-refractivity contribution is 5.92. The van der Waals surface area contributed by atoms with Crippen LogP contribution >= 0.6 is 0 Å². The van der Waals surface area contributed by atoms with E-state index in [1.807, 2.05) is 6.92 Å². The van der Waals surface area contributed by atoms with Crippen LogP contribution in [0.5, 0.6) is 0 Å². The average molecular weight is 420 g/mol. The minimum atomic E-state index is -1.32. The second kappa shape index (κ2) is 8.83. The zero-order chi connectivity index (χ0) is 22.2. The lowest BCUT2D eigenvalue weighted by atomic mass is 9.63. The van der Waals surface area contributed by atoms with Crippen LogP contribution in [0.15, 0.2) is 23.3 Å². The molecule has 1 amide bonds. The Kier molecular flexibility index (Phi) is 6.78. The van der Waals surface area contributed by atoms with Gasteiger partial charge in [-0.15, -0.1) is 0 Å². The number of aliphatic hydroxyl groups is 2. The molecule has 1 aliphatic carbocycles. The lowest BCUT2D eigenvalue weighted by Gasteiger charge is -2.45. The van der Waals surface area contributed by atoms with Gasteiger partial charge in [-0.3, -0.25) is 9.59 Å². The van der Waals surface area contributed by atoms with Gasteiger partial charge in [-0.1, -0.05) is 44.1 Å². The van der Waals surface area contributed by atoms with Crippen molar-refractivity contribution < 1.29 is 24.5 Å². The number of allylic oxidation sites excluding steroid dienone is 2. The number of ether oxygens (including phenoxy) is 1. The van der Waals surface area contributed by atoms with E-state index in [1.54, 1.807) is 0 Å². The molecular formula is C24H37NO5. The van der Waals surface area contributed by atoms with Crippen LogP contribution in [-0.4, -0.2) is 45.9 Å². The van der Waals surface area contributed by atoms with E-state index in [0.717, 1.165) is 18.4 Å². The number of rotatable bonds is 2. The van der Waals surface area contributed by atoms with Crippen LogP contribution < -0.4 is 5.32 Å². The monoisotopic (exact) mass is 419 g/mol. The van der Waals surface area contributed by atoms with Crippen molar-refractivity contribution in [2.24, 2.45) is 23.7 Å². The maximum Gasteiger partial charge on any atom is 0.309 e. The quantitative estimate of drug-likeness (QED) is 0.472. The molecule has 6 nitrogen and oxygen atoms in total. The molecule has 3 rings (SSSR count). The topological polar surface area (TPSA) is 95.9 Å². The summed E-state index contributed by atoms with van der Waals surface area (Å²) in [5, 5.41) is 23.6. The van der Waals surface area contributed by atoms with E-state index < -0.39 is 23.8 Å². The lowest BCUT2D eigenvalue weighted by molar-refractivity contribution is -0.179. The first kappa shape index (κ1) is 23.0. The molecule has 168 valence electrons. The standard InChI is InChI=1S/C24H37NO5/c1-13(2)9-18-22-16(5)15(4)11-17-10-14(3)7-6-8-19(26)20(27)12-21(28)30-24(17,22)23(29)25-18/h10-11,13,16-20,22,26-27H,6-9,12H2,1-5H3,(H,25,29)/b14-10-/t16-,17+,18+,19-,20-,22+,24-/m1/s1. The van der Waals surface area contributed by atoms with Crippen molar-refractivity contribution in [3.05, 3.63) is 23.3 Å². The summed E-state index contributed by atoms with van der Waals surface area (Å²) in [5.74, 6) is -0.944. The summed E-state index contributed by atoms with van der Waals surface area (Å²) in [6, 6.07) is -0.0800. The third-order valence-electron chi connectivity index (χ3n) is 7.16. The third kappa shape index (κ3) is 4.22. The molecule has 0 aromatic carbocycles.